The number of amides is 3. The predicted octanol–water partition coefficient (Wildman–Crippen LogP) is -0.917. The molecule has 31 heavy (non-hydrogen) atoms. The number of alkyl carbamates (subject to hydrolysis) is 1. The van der Waals surface area contributed by atoms with Gasteiger partial charge in [-0.05, 0) is 20.8 Å². The Hall–Kier alpha value is -3.38. The molecule has 0 aromatic carbocycles. The largest absolute Gasteiger partial charge is 0.480 e. The molecule has 13 heteroatoms. The highest BCUT2D eigenvalue weighted by Gasteiger charge is 2.22. The van der Waals surface area contributed by atoms with Crippen LogP contribution in [0.5, 0.6) is 0 Å². The lowest BCUT2D eigenvalue weighted by molar-refractivity contribution is -0.155. The molecule has 0 saturated carbocycles. The molecule has 0 heterocycles. The smallest absolute Gasteiger partial charge is 0.407 e. The van der Waals surface area contributed by atoms with E-state index in [-0.39, 0.29) is 25.8 Å². The van der Waals surface area contributed by atoms with E-state index >= 15 is 0 Å². The van der Waals surface area contributed by atoms with E-state index in [1.165, 1.54) is 7.11 Å². The molecule has 176 valence electrons. The number of ether oxygens (including phenoxy) is 3. The minimum absolute atomic E-state index is 0.0784. The zero-order valence-electron chi connectivity index (χ0n) is 17.9. The van der Waals surface area contributed by atoms with Gasteiger partial charge in [0.1, 0.15) is 12.2 Å². The average Bonchev–Trinajstić information content (AvgIpc) is 2.66. The Kier molecular flexibility index (Phi) is 12.3. The molecule has 0 rings (SSSR count). The van der Waals surface area contributed by atoms with E-state index in [1.807, 2.05) is 0 Å². The molecule has 0 aliphatic carbocycles. The number of nitrogens with one attached hydrogen (secondary N) is 3. The van der Waals surface area contributed by atoms with Gasteiger partial charge in [0.2, 0.25) is 11.8 Å². The quantitative estimate of drug-likeness (QED) is 0.215. The summed E-state index contributed by atoms with van der Waals surface area (Å²) in [6.07, 6.45) is -1.47. The Bertz CT molecular complexity index is 672. The Morgan fingerprint density at radius 2 is 1.55 bits per heavy atom. The number of carbonyl (C=O) groups is 6. The summed E-state index contributed by atoms with van der Waals surface area (Å²) in [5, 5.41) is 15.6. The number of aliphatic carboxylic acids is 1. The molecule has 3 amide bonds. The van der Waals surface area contributed by atoms with Gasteiger partial charge in [-0.25, -0.2) is 9.59 Å². The molecule has 4 N–H and O–H groups in total. The lowest BCUT2D eigenvalue weighted by Gasteiger charge is -2.19. The van der Waals surface area contributed by atoms with Crippen LogP contribution < -0.4 is 16.0 Å². The summed E-state index contributed by atoms with van der Waals surface area (Å²) >= 11 is 0. The minimum Gasteiger partial charge on any atom is -0.480 e. The van der Waals surface area contributed by atoms with E-state index in [1.54, 1.807) is 20.8 Å². The normalized spacial score (nSPS) is 11.5. The molecule has 0 bridgehead atoms. The van der Waals surface area contributed by atoms with Crippen molar-refractivity contribution < 1.29 is 48.1 Å². The maximum atomic E-state index is 11.8. The summed E-state index contributed by atoms with van der Waals surface area (Å²) in [5.41, 5.74) is -0.681. The summed E-state index contributed by atoms with van der Waals surface area (Å²) in [6.45, 7) is 3.75. The average molecular weight is 447 g/mol. The first-order valence-corrected chi connectivity index (χ1v) is 9.32. The van der Waals surface area contributed by atoms with Crippen LogP contribution in [0.3, 0.4) is 0 Å². The molecule has 0 aromatic heterocycles. The number of hydrogen-bond acceptors (Lipinski definition) is 9. The maximum Gasteiger partial charge on any atom is 0.407 e. The first-order chi connectivity index (χ1) is 14.3. The van der Waals surface area contributed by atoms with Gasteiger partial charge in [-0.15, -0.1) is 0 Å². The molecule has 13 nitrogen and oxygen atoms in total. The van der Waals surface area contributed by atoms with Crippen molar-refractivity contribution in [3.63, 3.8) is 0 Å². The summed E-state index contributed by atoms with van der Waals surface area (Å²) in [4.78, 5) is 68.6. The van der Waals surface area contributed by atoms with E-state index in [4.69, 9.17) is 9.84 Å². The maximum absolute atomic E-state index is 11.8. The third kappa shape index (κ3) is 15.2. The van der Waals surface area contributed by atoms with Crippen molar-refractivity contribution in [2.24, 2.45) is 0 Å². The Morgan fingerprint density at radius 1 is 0.903 bits per heavy atom. The third-order valence-corrected chi connectivity index (χ3v) is 3.26. The molecule has 0 spiro atoms. The number of rotatable bonds is 12. The molecule has 1 atom stereocenters. The van der Waals surface area contributed by atoms with Gasteiger partial charge < -0.3 is 35.3 Å². The van der Waals surface area contributed by atoms with Gasteiger partial charge in [-0.1, -0.05) is 0 Å². The number of esters is 2. The van der Waals surface area contributed by atoms with Crippen molar-refractivity contribution >= 4 is 35.8 Å². The SMILES string of the molecule is COC(=O)CCNC(=O)OCC(NC(=O)CNC(=O)CCC(=O)OC(C)(C)C)C(=O)O. The van der Waals surface area contributed by atoms with Crippen molar-refractivity contribution in [3.8, 4) is 0 Å². The van der Waals surface area contributed by atoms with Crippen LogP contribution in [0.25, 0.3) is 0 Å². The Labute approximate surface area is 179 Å². The molecule has 1 unspecified atom stereocenters. The van der Waals surface area contributed by atoms with Crippen molar-refractivity contribution in [1.29, 1.82) is 0 Å². The van der Waals surface area contributed by atoms with Crippen molar-refractivity contribution in [1.82, 2.24) is 16.0 Å². The molecule has 0 saturated heterocycles. The van der Waals surface area contributed by atoms with Crippen LogP contribution in [0, 0.1) is 0 Å². The van der Waals surface area contributed by atoms with Gasteiger partial charge in [-0.3, -0.25) is 19.2 Å². The number of methoxy groups -OCH3 is 1. The van der Waals surface area contributed by atoms with Gasteiger partial charge in [0.25, 0.3) is 0 Å². The van der Waals surface area contributed by atoms with Gasteiger partial charge >= 0.3 is 24.0 Å². The van der Waals surface area contributed by atoms with Crippen molar-refractivity contribution in [2.45, 2.75) is 51.7 Å². The molecular formula is C18H29N3O10. The van der Waals surface area contributed by atoms with Gasteiger partial charge in [0.05, 0.1) is 26.5 Å². The first-order valence-electron chi connectivity index (χ1n) is 9.32. The van der Waals surface area contributed by atoms with Crippen molar-refractivity contribution in [2.75, 3.05) is 26.8 Å². The van der Waals surface area contributed by atoms with Gasteiger partial charge in [-0.2, -0.15) is 0 Å². The van der Waals surface area contributed by atoms with E-state index in [2.05, 4.69) is 25.4 Å². The van der Waals surface area contributed by atoms with Crippen LogP contribution in [-0.4, -0.2) is 79.4 Å². The lowest BCUT2D eigenvalue weighted by atomic mass is 10.2. The summed E-state index contributed by atoms with van der Waals surface area (Å²) in [7, 11) is 1.18. The fourth-order valence-electron chi connectivity index (χ4n) is 1.87. The molecule has 0 aromatic rings. The summed E-state index contributed by atoms with van der Waals surface area (Å²) in [5.74, 6) is -4.03. The van der Waals surface area contributed by atoms with Crippen molar-refractivity contribution in [3.05, 3.63) is 0 Å². The molecule has 0 aliphatic rings. The Morgan fingerprint density at radius 3 is 2.10 bits per heavy atom. The second-order valence-electron chi connectivity index (χ2n) is 7.17. The van der Waals surface area contributed by atoms with Crippen LogP contribution in [0.1, 0.15) is 40.0 Å². The van der Waals surface area contributed by atoms with E-state index < -0.39 is 60.6 Å². The highest BCUT2D eigenvalue weighted by molar-refractivity contribution is 5.88. The fraction of sp³-hybridized carbons (Fsp3) is 0.667. The number of hydrogen-bond donors (Lipinski definition) is 4. The monoisotopic (exact) mass is 447 g/mol. The van der Waals surface area contributed by atoms with Crippen LogP contribution in [-0.2, 0) is 38.2 Å². The topological polar surface area (TPSA) is 186 Å². The fourth-order valence-corrected chi connectivity index (χ4v) is 1.87. The molecule has 0 radical (unpaired) electrons. The van der Waals surface area contributed by atoms with Crippen LogP contribution in [0.4, 0.5) is 4.79 Å². The highest BCUT2D eigenvalue weighted by Crippen LogP contribution is 2.08. The standard InChI is InChI=1S/C18H29N3O10/c1-18(2,3)31-15(25)6-5-12(22)20-9-13(23)21-11(16(26)27)10-30-17(28)19-8-7-14(24)29-4/h11H,5-10H2,1-4H3,(H,19,28)(H,20,22)(H,21,23)(H,26,27). The molecule has 0 aliphatic heterocycles. The first kappa shape index (κ1) is 27.6. The van der Waals surface area contributed by atoms with Crippen LogP contribution in [0.2, 0.25) is 0 Å². The van der Waals surface area contributed by atoms with Crippen LogP contribution >= 0.6 is 0 Å². The van der Waals surface area contributed by atoms with E-state index in [0.29, 0.717) is 0 Å². The molecule has 0 fully saturated rings. The van der Waals surface area contributed by atoms with E-state index in [9.17, 15) is 28.8 Å². The number of carboxylic acid groups (broad SMARTS) is 1. The lowest BCUT2D eigenvalue weighted by Crippen LogP contribution is -2.48. The zero-order valence-corrected chi connectivity index (χ0v) is 17.9. The second kappa shape index (κ2) is 13.8. The third-order valence-electron chi connectivity index (χ3n) is 3.26. The van der Waals surface area contributed by atoms with Crippen LogP contribution in [0.15, 0.2) is 0 Å². The predicted molar refractivity (Wildman–Crippen MR) is 104 cm³/mol. The number of carboxylic acids is 1. The summed E-state index contributed by atoms with van der Waals surface area (Å²) < 4.78 is 14.1. The zero-order chi connectivity index (χ0) is 24.0. The minimum atomic E-state index is -1.56. The number of carbonyl (C=O) groups excluding carboxylic acids is 5. The van der Waals surface area contributed by atoms with Gasteiger partial charge in [0, 0.05) is 13.0 Å². The van der Waals surface area contributed by atoms with Gasteiger partial charge in [0.15, 0.2) is 6.04 Å². The second-order valence-corrected chi connectivity index (χ2v) is 7.17. The molecular weight excluding hydrogens is 418 g/mol. The summed E-state index contributed by atoms with van der Waals surface area (Å²) in [6, 6.07) is -1.56. The van der Waals surface area contributed by atoms with E-state index in [0.717, 1.165) is 0 Å². The Balaban J connectivity index is 4.26. The highest BCUT2D eigenvalue weighted by atomic mass is 16.6.